The second-order valence-corrected chi connectivity index (χ2v) is 6.03. The van der Waals surface area contributed by atoms with E-state index in [1.807, 2.05) is 13.0 Å². The molecule has 1 fully saturated rings. The van der Waals surface area contributed by atoms with Gasteiger partial charge in [0, 0.05) is 16.1 Å². The van der Waals surface area contributed by atoms with E-state index in [0.717, 1.165) is 42.1 Å². The Morgan fingerprint density at radius 1 is 1.50 bits per heavy atom. The van der Waals surface area contributed by atoms with Crippen molar-refractivity contribution in [2.45, 2.75) is 46.0 Å². The van der Waals surface area contributed by atoms with Gasteiger partial charge in [-0.25, -0.2) is 4.98 Å². The first kappa shape index (κ1) is 13.5. The molecule has 1 aliphatic rings. The van der Waals surface area contributed by atoms with Crippen LogP contribution in [-0.4, -0.2) is 10.9 Å². The van der Waals surface area contributed by atoms with E-state index in [-0.39, 0.29) is 11.3 Å². The predicted octanol–water partition coefficient (Wildman–Crippen LogP) is 4.06. The first-order valence-electron chi connectivity index (χ1n) is 6.51. The van der Waals surface area contributed by atoms with E-state index in [1.54, 1.807) is 6.20 Å². The SMILES string of the molecule is CCC1(C(=O)Nc2ncc(Br)cc2C)CCCC1. The van der Waals surface area contributed by atoms with Crippen molar-refractivity contribution in [2.24, 2.45) is 5.41 Å². The number of aromatic nitrogens is 1. The molecule has 1 aliphatic carbocycles. The van der Waals surface area contributed by atoms with Gasteiger partial charge in [0.15, 0.2) is 0 Å². The second kappa shape index (κ2) is 5.39. The van der Waals surface area contributed by atoms with Gasteiger partial charge in [-0.1, -0.05) is 19.8 Å². The summed E-state index contributed by atoms with van der Waals surface area (Å²) in [6.45, 7) is 4.06. The minimum absolute atomic E-state index is 0.139. The first-order valence-corrected chi connectivity index (χ1v) is 7.30. The molecule has 3 nitrogen and oxygen atoms in total. The molecule has 0 atom stereocenters. The van der Waals surface area contributed by atoms with Crippen molar-refractivity contribution in [1.82, 2.24) is 4.98 Å². The van der Waals surface area contributed by atoms with Gasteiger partial charge >= 0.3 is 0 Å². The fourth-order valence-corrected chi connectivity index (χ4v) is 3.15. The maximum absolute atomic E-state index is 12.4. The summed E-state index contributed by atoms with van der Waals surface area (Å²) in [5.41, 5.74) is 0.822. The van der Waals surface area contributed by atoms with Crippen molar-refractivity contribution >= 4 is 27.7 Å². The van der Waals surface area contributed by atoms with Crippen LogP contribution in [0, 0.1) is 12.3 Å². The Hall–Kier alpha value is -0.900. The first-order chi connectivity index (χ1) is 8.57. The van der Waals surface area contributed by atoms with Crippen molar-refractivity contribution in [3.63, 3.8) is 0 Å². The normalized spacial score (nSPS) is 17.7. The number of hydrogen-bond acceptors (Lipinski definition) is 2. The molecule has 98 valence electrons. The molecule has 0 unspecified atom stereocenters. The standard InChI is InChI=1S/C14H19BrN2O/c1-3-14(6-4-5-7-14)13(18)17-12-10(2)8-11(15)9-16-12/h8-9H,3-7H2,1-2H3,(H,16,17,18). The predicted molar refractivity (Wildman–Crippen MR) is 76.5 cm³/mol. The molecule has 0 spiro atoms. The van der Waals surface area contributed by atoms with Crippen LogP contribution in [0.3, 0.4) is 0 Å². The van der Waals surface area contributed by atoms with Gasteiger partial charge < -0.3 is 5.32 Å². The number of pyridine rings is 1. The number of halogens is 1. The van der Waals surface area contributed by atoms with E-state index < -0.39 is 0 Å². The van der Waals surface area contributed by atoms with Crippen LogP contribution in [-0.2, 0) is 4.79 Å². The average Bonchev–Trinajstić information content (AvgIpc) is 2.82. The van der Waals surface area contributed by atoms with Crippen LogP contribution in [0.4, 0.5) is 5.82 Å². The average molecular weight is 311 g/mol. The lowest BCUT2D eigenvalue weighted by molar-refractivity contribution is -0.125. The van der Waals surface area contributed by atoms with Crippen molar-refractivity contribution in [3.8, 4) is 0 Å². The van der Waals surface area contributed by atoms with Crippen LogP contribution >= 0.6 is 15.9 Å². The molecule has 4 heteroatoms. The number of amides is 1. The fraction of sp³-hybridized carbons (Fsp3) is 0.571. The number of nitrogens with one attached hydrogen (secondary N) is 1. The third kappa shape index (κ3) is 2.58. The summed E-state index contributed by atoms with van der Waals surface area (Å²) in [5, 5.41) is 3.00. The Bertz CT molecular complexity index is 453. The third-order valence-corrected chi connectivity index (χ3v) is 4.43. The molecule has 1 saturated carbocycles. The highest BCUT2D eigenvalue weighted by Crippen LogP contribution is 2.41. The highest BCUT2D eigenvalue weighted by atomic mass is 79.9. The Kier molecular flexibility index (Phi) is 4.05. The quantitative estimate of drug-likeness (QED) is 0.914. The number of carbonyl (C=O) groups excluding carboxylic acids is 1. The second-order valence-electron chi connectivity index (χ2n) is 5.11. The Morgan fingerprint density at radius 2 is 2.17 bits per heavy atom. The van der Waals surface area contributed by atoms with Crippen LogP contribution in [0.15, 0.2) is 16.7 Å². The van der Waals surface area contributed by atoms with E-state index in [2.05, 4.69) is 33.2 Å². The summed E-state index contributed by atoms with van der Waals surface area (Å²) in [5.74, 6) is 0.823. The molecular formula is C14H19BrN2O. The van der Waals surface area contributed by atoms with Crippen LogP contribution in [0.2, 0.25) is 0 Å². The largest absolute Gasteiger partial charge is 0.310 e. The number of aryl methyl sites for hydroxylation is 1. The number of anilines is 1. The van der Waals surface area contributed by atoms with Gasteiger partial charge in [0.25, 0.3) is 0 Å². The summed E-state index contributed by atoms with van der Waals surface area (Å²) < 4.78 is 0.934. The summed E-state index contributed by atoms with van der Waals surface area (Å²) in [7, 11) is 0. The summed E-state index contributed by atoms with van der Waals surface area (Å²) in [4.78, 5) is 16.7. The maximum Gasteiger partial charge on any atom is 0.231 e. The summed E-state index contributed by atoms with van der Waals surface area (Å²) >= 11 is 3.38. The zero-order valence-electron chi connectivity index (χ0n) is 10.9. The Labute approximate surface area is 117 Å². The van der Waals surface area contributed by atoms with E-state index in [0.29, 0.717) is 5.82 Å². The lowest BCUT2D eigenvalue weighted by Crippen LogP contribution is -2.33. The molecule has 0 saturated heterocycles. The van der Waals surface area contributed by atoms with Gasteiger partial charge in [-0.2, -0.15) is 0 Å². The van der Waals surface area contributed by atoms with E-state index in [9.17, 15) is 4.79 Å². The smallest absolute Gasteiger partial charge is 0.231 e. The van der Waals surface area contributed by atoms with Crippen molar-refractivity contribution < 1.29 is 4.79 Å². The molecule has 0 aliphatic heterocycles. The highest BCUT2D eigenvalue weighted by Gasteiger charge is 2.39. The Morgan fingerprint density at radius 3 is 2.72 bits per heavy atom. The molecule has 0 radical (unpaired) electrons. The number of hydrogen-bond donors (Lipinski definition) is 1. The van der Waals surface area contributed by atoms with Crippen molar-refractivity contribution in [2.75, 3.05) is 5.32 Å². The fourth-order valence-electron chi connectivity index (χ4n) is 2.70. The van der Waals surface area contributed by atoms with Gasteiger partial charge in [0.2, 0.25) is 5.91 Å². The number of rotatable bonds is 3. The summed E-state index contributed by atoms with van der Waals surface area (Å²) in [6.07, 6.45) is 6.96. The van der Waals surface area contributed by atoms with Crippen LogP contribution in [0.1, 0.15) is 44.6 Å². The number of nitrogens with zero attached hydrogens (tertiary/aromatic N) is 1. The maximum atomic E-state index is 12.4. The topological polar surface area (TPSA) is 42.0 Å². The van der Waals surface area contributed by atoms with Gasteiger partial charge in [-0.3, -0.25) is 4.79 Å². The molecule has 1 aromatic rings. The minimum Gasteiger partial charge on any atom is -0.310 e. The minimum atomic E-state index is -0.165. The molecule has 1 amide bonds. The van der Waals surface area contributed by atoms with Gasteiger partial charge in [0.05, 0.1) is 0 Å². The van der Waals surface area contributed by atoms with Crippen molar-refractivity contribution in [3.05, 3.63) is 22.3 Å². The van der Waals surface area contributed by atoms with Crippen LogP contribution in [0.25, 0.3) is 0 Å². The molecule has 2 rings (SSSR count). The van der Waals surface area contributed by atoms with Crippen molar-refractivity contribution in [1.29, 1.82) is 0 Å². The molecule has 18 heavy (non-hydrogen) atoms. The van der Waals surface area contributed by atoms with Gasteiger partial charge in [-0.05, 0) is 53.7 Å². The molecular weight excluding hydrogens is 292 g/mol. The lowest BCUT2D eigenvalue weighted by Gasteiger charge is -2.26. The molecule has 1 N–H and O–H groups in total. The molecule has 1 aromatic heterocycles. The van der Waals surface area contributed by atoms with Gasteiger partial charge in [0.1, 0.15) is 5.82 Å². The molecule has 1 heterocycles. The van der Waals surface area contributed by atoms with E-state index in [1.165, 1.54) is 0 Å². The third-order valence-electron chi connectivity index (χ3n) is 4.00. The van der Waals surface area contributed by atoms with E-state index >= 15 is 0 Å². The Balaban J connectivity index is 2.15. The zero-order chi connectivity index (χ0) is 13.2. The lowest BCUT2D eigenvalue weighted by atomic mass is 9.82. The molecule has 0 aromatic carbocycles. The highest BCUT2D eigenvalue weighted by molar-refractivity contribution is 9.10. The molecule has 0 bridgehead atoms. The number of carbonyl (C=O) groups is 1. The summed E-state index contributed by atoms with van der Waals surface area (Å²) in [6, 6.07) is 1.97. The monoisotopic (exact) mass is 310 g/mol. The van der Waals surface area contributed by atoms with E-state index in [4.69, 9.17) is 0 Å². The van der Waals surface area contributed by atoms with Crippen LogP contribution < -0.4 is 5.32 Å². The van der Waals surface area contributed by atoms with Crippen LogP contribution in [0.5, 0.6) is 0 Å². The zero-order valence-corrected chi connectivity index (χ0v) is 12.5. The van der Waals surface area contributed by atoms with Gasteiger partial charge in [-0.15, -0.1) is 0 Å².